The van der Waals surface area contributed by atoms with E-state index in [2.05, 4.69) is 55.4 Å². The number of quaternary nitrogens is 2. The van der Waals surface area contributed by atoms with Crippen LogP contribution in [0, 0.1) is 0 Å². The van der Waals surface area contributed by atoms with Gasteiger partial charge in [0.15, 0.2) is 0 Å². The van der Waals surface area contributed by atoms with Gasteiger partial charge in [-0.15, -0.1) is 0 Å². The Morgan fingerprint density at radius 1 is 0.341 bits per heavy atom. The summed E-state index contributed by atoms with van der Waals surface area (Å²) in [4.78, 5) is 19.5. The van der Waals surface area contributed by atoms with E-state index in [1.807, 2.05) is 0 Å². The molecule has 0 saturated carbocycles. The molecule has 0 fully saturated rings. The van der Waals surface area contributed by atoms with Crippen LogP contribution in [0.15, 0.2) is 0 Å². The van der Waals surface area contributed by atoms with Crippen molar-refractivity contribution in [1.29, 1.82) is 0 Å². The van der Waals surface area contributed by atoms with Crippen molar-refractivity contribution in [2.45, 2.75) is 184 Å². The fourth-order valence-corrected chi connectivity index (χ4v) is 5.83. The van der Waals surface area contributed by atoms with Crippen molar-refractivity contribution in [3.05, 3.63) is 0 Å². The van der Waals surface area contributed by atoms with E-state index in [9.17, 15) is 19.8 Å². The van der Waals surface area contributed by atoms with Gasteiger partial charge in [0.25, 0.3) is 0 Å². The molecule has 0 aromatic heterocycles. The van der Waals surface area contributed by atoms with Gasteiger partial charge < -0.3 is 28.8 Å². The van der Waals surface area contributed by atoms with E-state index >= 15 is 0 Å². The number of rotatable bonds is 29. The topological polar surface area (TPSA) is 80.3 Å². The lowest BCUT2D eigenvalue weighted by molar-refractivity contribution is -0.929. The van der Waals surface area contributed by atoms with Gasteiger partial charge >= 0.3 is 0 Å². The standard InChI is InChI=1S/2C16H36N.C6H10O4/c2*1-5-9-13-17(14-10-6-2,15-11-7-3)16-12-8-4;7-5(8)3-1-2-4-6(9)10/h2*5-16H2,1-4H3;1-4H2,(H,7,8)(H,9,10)/q2*+1;/p-2. The SMILES string of the molecule is CCCC[N+](CCCC)(CCCC)CCCC.CCCC[N+](CCCC)(CCCC)CCCC.O=C([O-])CCCCC(=O)[O-]. The van der Waals surface area contributed by atoms with Gasteiger partial charge in [-0.05, 0) is 77.0 Å². The van der Waals surface area contributed by atoms with E-state index in [-0.39, 0.29) is 12.8 Å². The lowest BCUT2D eigenvalue weighted by Gasteiger charge is -2.39. The quantitative estimate of drug-likeness (QED) is 0.0620. The molecule has 44 heavy (non-hydrogen) atoms. The summed E-state index contributed by atoms with van der Waals surface area (Å²) in [6.07, 6.45) is 22.7. The van der Waals surface area contributed by atoms with Crippen molar-refractivity contribution >= 4 is 11.9 Å². The second kappa shape index (κ2) is 34.7. The minimum Gasteiger partial charge on any atom is -0.550 e. The molecule has 0 radical (unpaired) electrons. The summed E-state index contributed by atoms with van der Waals surface area (Å²) >= 11 is 0. The minimum atomic E-state index is -1.14. The lowest BCUT2D eigenvalue weighted by Crippen LogP contribution is -2.50. The van der Waals surface area contributed by atoms with Gasteiger partial charge in [0.2, 0.25) is 0 Å². The third-order valence-electron chi connectivity index (χ3n) is 8.90. The van der Waals surface area contributed by atoms with E-state index in [4.69, 9.17) is 0 Å². The lowest BCUT2D eigenvalue weighted by atomic mass is 10.1. The summed E-state index contributed by atoms with van der Waals surface area (Å²) in [6.45, 7) is 30.0. The van der Waals surface area contributed by atoms with Crippen LogP contribution in [0.1, 0.15) is 184 Å². The van der Waals surface area contributed by atoms with Crippen molar-refractivity contribution in [3.63, 3.8) is 0 Å². The van der Waals surface area contributed by atoms with E-state index in [0.29, 0.717) is 12.8 Å². The van der Waals surface area contributed by atoms with Gasteiger partial charge in [-0.1, -0.05) is 107 Å². The molecule has 0 aliphatic heterocycles. The van der Waals surface area contributed by atoms with E-state index in [1.54, 1.807) is 0 Å². The molecule has 0 aromatic carbocycles. The van der Waals surface area contributed by atoms with Crippen LogP contribution in [0.5, 0.6) is 0 Å². The van der Waals surface area contributed by atoms with Gasteiger partial charge in [-0.25, -0.2) is 0 Å². The number of unbranched alkanes of at least 4 members (excludes halogenated alkanes) is 9. The second-order valence-electron chi connectivity index (χ2n) is 13.3. The second-order valence-corrected chi connectivity index (χ2v) is 13.3. The Bertz CT molecular complexity index is 485. The van der Waals surface area contributed by atoms with Crippen molar-refractivity contribution in [1.82, 2.24) is 0 Å². The van der Waals surface area contributed by atoms with Crippen molar-refractivity contribution in [2.24, 2.45) is 0 Å². The van der Waals surface area contributed by atoms with Gasteiger partial charge in [0.05, 0.1) is 52.4 Å². The molecule has 0 rings (SSSR count). The predicted octanol–water partition coefficient (Wildman–Crippen LogP) is 8.05. The highest BCUT2D eigenvalue weighted by Gasteiger charge is 2.25. The summed E-state index contributed by atoms with van der Waals surface area (Å²) in [6, 6.07) is 0. The third kappa shape index (κ3) is 30.9. The van der Waals surface area contributed by atoms with Crippen molar-refractivity contribution < 1.29 is 28.8 Å². The highest BCUT2D eigenvalue weighted by atomic mass is 16.4. The van der Waals surface area contributed by atoms with E-state index < -0.39 is 11.9 Å². The van der Waals surface area contributed by atoms with Gasteiger partial charge in [-0.3, -0.25) is 0 Å². The normalized spacial score (nSPS) is 11.4. The van der Waals surface area contributed by atoms with Crippen LogP contribution < -0.4 is 10.2 Å². The number of hydrogen-bond donors (Lipinski definition) is 0. The van der Waals surface area contributed by atoms with Crippen LogP contribution in [0.2, 0.25) is 0 Å². The first-order chi connectivity index (χ1) is 21.1. The first kappa shape index (κ1) is 47.3. The molecule has 0 atom stereocenters. The molecule has 0 N–H and O–H groups in total. The monoisotopic (exact) mass is 629 g/mol. The highest BCUT2D eigenvalue weighted by Crippen LogP contribution is 2.17. The Kier molecular flexibility index (Phi) is 37.3. The van der Waals surface area contributed by atoms with Crippen LogP contribution in [-0.4, -0.2) is 73.3 Å². The summed E-state index contributed by atoms with van der Waals surface area (Å²) in [5, 5.41) is 19.5. The van der Waals surface area contributed by atoms with E-state index in [0.717, 1.165) is 0 Å². The Balaban J connectivity index is -0.000000594. The van der Waals surface area contributed by atoms with Crippen LogP contribution in [0.3, 0.4) is 0 Å². The average molecular weight is 629 g/mol. The molecule has 0 heterocycles. The molecule has 0 aliphatic rings. The Hall–Kier alpha value is -1.14. The predicted molar refractivity (Wildman–Crippen MR) is 187 cm³/mol. The Morgan fingerprint density at radius 3 is 0.614 bits per heavy atom. The number of hydrogen-bond acceptors (Lipinski definition) is 4. The molecule has 0 bridgehead atoms. The van der Waals surface area contributed by atoms with Gasteiger partial charge in [0.1, 0.15) is 0 Å². The molecule has 0 aromatic rings. The summed E-state index contributed by atoms with van der Waals surface area (Å²) in [5.41, 5.74) is 0. The number of carbonyl (C=O) groups excluding carboxylic acids is 2. The number of carboxylic acid groups (broad SMARTS) is 2. The smallest absolute Gasteiger partial charge is 0.0786 e. The number of nitrogens with zero attached hydrogens (tertiary/aromatic N) is 2. The van der Waals surface area contributed by atoms with Crippen LogP contribution in [0.25, 0.3) is 0 Å². The number of aliphatic carboxylic acids is 2. The molecular weight excluding hydrogens is 548 g/mol. The summed E-state index contributed by atoms with van der Waals surface area (Å²) in [7, 11) is 0. The zero-order valence-corrected chi connectivity index (χ0v) is 31.3. The molecule has 266 valence electrons. The first-order valence-electron chi connectivity index (χ1n) is 19.2. The number of carbonyl (C=O) groups is 2. The Morgan fingerprint density at radius 2 is 0.500 bits per heavy atom. The van der Waals surface area contributed by atoms with Gasteiger partial charge in [-0.2, -0.15) is 0 Å². The van der Waals surface area contributed by atoms with Crippen LogP contribution in [0.4, 0.5) is 0 Å². The fourth-order valence-electron chi connectivity index (χ4n) is 5.83. The zero-order chi connectivity index (χ0) is 34.0. The molecule has 0 amide bonds. The Labute approximate surface area is 276 Å². The highest BCUT2D eigenvalue weighted by molar-refractivity contribution is 5.65. The van der Waals surface area contributed by atoms with Crippen LogP contribution >= 0.6 is 0 Å². The summed E-state index contributed by atoms with van der Waals surface area (Å²) < 4.78 is 2.84. The molecule has 0 aliphatic carbocycles. The van der Waals surface area contributed by atoms with Crippen molar-refractivity contribution in [2.75, 3.05) is 52.4 Å². The molecule has 6 nitrogen and oxygen atoms in total. The summed E-state index contributed by atoms with van der Waals surface area (Å²) in [5.74, 6) is -2.28. The average Bonchev–Trinajstić information content (AvgIpc) is 3.02. The zero-order valence-electron chi connectivity index (χ0n) is 31.3. The molecule has 0 saturated heterocycles. The maximum Gasteiger partial charge on any atom is 0.0786 e. The van der Waals surface area contributed by atoms with Gasteiger partial charge in [0, 0.05) is 11.9 Å². The minimum absolute atomic E-state index is 0.0761. The fraction of sp³-hybridized carbons (Fsp3) is 0.947. The molecule has 0 spiro atoms. The maximum absolute atomic E-state index is 9.77. The largest absolute Gasteiger partial charge is 0.550 e. The third-order valence-corrected chi connectivity index (χ3v) is 8.90. The van der Waals surface area contributed by atoms with Crippen LogP contribution in [-0.2, 0) is 9.59 Å². The maximum atomic E-state index is 9.77. The molecular formula is C38H80N2O4. The molecule has 6 heteroatoms. The van der Waals surface area contributed by atoms with Crippen molar-refractivity contribution in [3.8, 4) is 0 Å². The van der Waals surface area contributed by atoms with E-state index in [1.165, 1.54) is 164 Å². The first-order valence-corrected chi connectivity index (χ1v) is 19.2. The molecule has 0 unspecified atom stereocenters. The number of carboxylic acids is 2.